The molecule has 0 saturated carbocycles. The third kappa shape index (κ3) is 31.7. The molecular weight excluding hydrogens is 240 g/mol. The van der Waals surface area contributed by atoms with Crippen LogP contribution in [0.4, 0.5) is 0 Å². The van der Waals surface area contributed by atoms with E-state index < -0.39 is 5.97 Å². The summed E-state index contributed by atoms with van der Waals surface area (Å²) in [4.78, 5) is 9.25. The first-order chi connectivity index (χ1) is 8.68. The molecule has 0 atom stereocenters. The SMILES string of the molecule is C=CC(=O)O.CCCCCCCCCCCCN.N. The Morgan fingerprint density at radius 2 is 1.32 bits per heavy atom. The summed E-state index contributed by atoms with van der Waals surface area (Å²) in [5.41, 5.74) is 5.42. The van der Waals surface area contributed by atoms with Gasteiger partial charge in [0.2, 0.25) is 0 Å². The van der Waals surface area contributed by atoms with Gasteiger partial charge < -0.3 is 17.0 Å². The van der Waals surface area contributed by atoms with Crippen LogP contribution in [-0.4, -0.2) is 17.6 Å². The second-order valence-corrected chi connectivity index (χ2v) is 4.51. The Kier molecular flexibility index (Phi) is 27.3. The maximum atomic E-state index is 9.25. The van der Waals surface area contributed by atoms with Gasteiger partial charge in [-0.25, -0.2) is 4.79 Å². The molecule has 0 radical (unpaired) electrons. The van der Waals surface area contributed by atoms with Crippen molar-refractivity contribution in [3.05, 3.63) is 12.7 Å². The number of carboxylic acid groups (broad SMARTS) is 1. The minimum atomic E-state index is -0.981. The van der Waals surface area contributed by atoms with Crippen molar-refractivity contribution < 1.29 is 9.90 Å². The molecule has 6 N–H and O–H groups in total. The van der Waals surface area contributed by atoms with E-state index in [1.165, 1.54) is 64.2 Å². The van der Waals surface area contributed by atoms with Crippen LogP contribution in [0.25, 0.3) is 0 Å². The van der Waals surface area contributed by atoms with Gasteiger partial charge in [0, 0.05) is 6.08 Å². The number of carboxylic acids is 1. The molecule has 4 heteroatoms. The number of aliphatic carboxylic acids is 1. The first-order valence-corrected chi connectivity index (χ1v) is 7.24. The van der Waals surface area contributed by atoms with Crippen LogP contribution in [0.2, 0.25) is 0 Å². The Morgan fingerprint density at radius 1 is 1.00 bits per heavy atom. The number of carbonyl (C=O) groups is 1. The second-order valence-electron chi connectivity index (χ2n) is 4.51. The lowest BCUT2D eigenvalue weighted by Crippen LogP contribution is -1.97. The monoisotopic (exact) mass is 274 g/mol. The average Bonchev–Trinajstić information content (AvgIpc) is 2.37. The van der Waals surface area contributed by atoms with Gasteiger partial charge in [-0.1, -0.05) is 71.3 Å². The smallest absolute Gasteiger partial charge is 0.327 e. The highest BCUT2D eigenvalue weighted by molar-refractivity contribution is 5.78. The molecule has 4 nitrogen and oxygen atoms in total. The third-order valence-corrected chi connectivity index (χ3v) is 2.73. The fourth-order valence-corrected chi connectivity index (χ4v) is 1.63. The van der Waals surface area contributed by atoms with Crippen molar-refractivity contribution in [3.63, 3.8) is 0 Å². The van der Waals surface area contributed by atoms with Crippen molar-refractivity contribution in [2.75, 3.05) is 6.54 Å². The normalized spacial score (nSPS) is 8.95. The fraction of sp³-hybridized carbons (Fsp3) is 0.800. The van der Waals surface area contributed by atoms with E-state index in [-0.39, 0.29) is 6.15 Å². The van der Waals surface area contributed by atoms with Crippen LogP contribution in [0.15, 0.2) is 12.7 Å². The van der Waals surface area contributed by atoms with Crippen molar-refractivity contribution in [2.45, 2.75) is 71.1 Å². The van der Waals surface area contributed by atoms with E-state index in [1.54, 1.807) is 0 Å². The first-order valence-electron chi connectivity index (χ1n) is 7.24. The zero-order valence-electron chi connectivity index (χ0n) is 12.7. The van der Waals surface area contributed by atoms with Crippen LogP contribution in [0.5, 0.6) is 0 Å². The van der Waals surface area contributed by atoms with Gasteiger partial charge in [-0.3, -0.25) is 0 Å². The minimum absolute atomic E-state index is 0. The molecule has 0 aliphatic heterocycles. The Hall–Kier alpha value is -0.870. The molecule has 0 unspecified atom stereocenters. The molecule has 0 fully saturated rings. The standard InChI is InChI=1S/C12H27N.C3H4O2.H3N/c1-2-3-4-5-6-7-8-9-10-11-12-13;1-2-3(4)5;/h2-13H2,1H3;2H,1H2,(H,4,5);1H3. The molecule has 0 rings (SSSR count). The number of unbranched alkanes of at least 4 members (excludes halogenated alkanes) is 9. The highest BCUT2D eigenvalue weighted by Crippen LogP contribution is 2.09. The topological polar surface area (TPSA) is 98.3 Å². The molecule has 0 saturated heterocycles. The van der Waals surface area contributed by atoms with E-state index in [2.05, 4.69) is 13.5 Å². The van der Waals surface area contributed by atoms with Crippen molar-refractivity contribution in [1.82, 2.24) is 6.15 Å². The lowest BCUT2D eigenvalue weighted by atomic mass is 10.1. The molecule has 0 aromatic heterocycles. The Balaban J connectivity index is -0.000000366. The van der Waals surface area contributed by atoms with E-state index in [0.29, 0.717) is 0 Å². The summed E-state index contributed by atoms with van der Waals surface area (Å²) < 4.78 is 0. The van der Waals surface area contributed by atoms with Crippen LogP contribution < -0.4 is 11.9 Å². The first kappa shape index (κ1) is 23.2. The predicted octanol–water partition coefficient (Wildman–Crippen LogP) is 4.29. The van der Waals surface area contributed by atoms with Gasteiger partial charge in [-0.05, 0) is 13.0 Å². The highest BCUT2D eigenvalue weighted by atomic mass is 16.4. The zero-order chi connectivity index (χ0) is 14.1. The van der Waals surface area contributed by atoms with Crippen molar-refractivity contribution >= 4 is 5.97 Å². The summed E-state index contributed by atoms with van der Waals surface area (Å²) in [6.45, 7) is 6.10. The lowest BCUT2D eigenvalue weighted by Gasteiger charge is -2.00. The van der Waals surface area contributed by atoms with Crippen LogP contribution in [0.1, 0.15) is 71.1 Å². The summed E-state index contributed by atoms with van der Waals surface area (Å²) in [6.07, 6.45) is 14.8. The van der Waals surface area contributed by atoms with Crippen molar-refractivity contribution in [1.29, 1.82) is 0 Å². The Labute approximate surface area is 119 Å². The van der Waals surface area contributed by atoms with E-state index in [4.69, 9.17) is 10.8 Å². The number of nitrogens with two attached hydrogens (primary N) is 1. The predicted molar refractivity (Wildman–Crippen MR) is 83.8 cm³/mol. The van der Waals surface area contributed by atoms with E-state index >= 15 is 0 Å². The molecule has 0 heterocycles. The Bertz CT molecular complexity index is 175. The number of hydrogen-bond donors (Lipinski definition) is 3. The number of hydrogen-bond acceptors (Lipinski definition) is 3. The molecule has 0 amide bonds. The molecule has 19 heavy (non-hydrogen) atoms. The minimum Gasteiger partial charge on any atom is -0.478 e. The quantitative estimate of drug-likeness (QED) is 0.386. The van der Waals surface area contributed by atoms with Crippen LogP contribution in [-0.2, 0) is 4.79 Å². The molecule has 0 aromatic rings. The molecule has 0 spiro atoms. The molecule has 0 bridgehead atoms. The van der Waals surface area contributed by atoms with E-state index in [0.717, 1.165) is 12.6 Å². The highest BCUT2D eigenvalue weighted by Gasteiger charge is 1.91. The van der Waals surface area contributed by atoms with Gasteiger partial charge in [-0.2, -0.15) is 0 Å². The largest absolute Gasteiger partial charge is 0.478 e. The third-order valence-electron chi connectivity index (χ3n) is 2.73. The van der Waals surface area contributed by atoms with E-state index in [1.807, 2.05) is 0 Å². The second kappa shape index (κ2) is 22.3. The van der Waals surface area contributed by atoms with E-state index in [9.17, 15) is 4.79 Å². The average molecular weight is 274 g/mol. The zero-order valence-corrected chi connectivity index (χ0v) is 12.7. The summed E-state index contributed by atoms with van der Waals surface area (Å²) in [5.74, 6) is -0.981. The Morgan fingerprint density at radius 3 is 1.58 bits per heavy atom. The van der Waals surface area contributed by atoms with Crippen LogP contribution >= 0.6 is 0 Å². The maximum absolute atomic E-state index is 9.25. The van der Waals surface area contributed by atoms with Gasteiger partial charge in [0.05, 0.1) is 0 Å². The van der Waals surface area contributed by atoms with Gasteiger partial charge in [0.15, 0.2) is 0 Å². The summed E-state index contributed by atoms with van der Waals surface area (Å²) in [7, 11) is 0. The molecule has 0 aliphatic rings. The van der Waals surface area contributed by atoms with Crippen LogP contribution in [0.3, 0.4) is 0 Å². The maximum Gasteiger partial charge on any atom is 0.327 e. The van der Waals surface area contributed by atoms with Gasteiger partial charge in [0.25, 0.3) is 0 Å². The summed E-state index contributed by atoms with van der Waals surface area (Å²) in [5, 5.41) is 7.60. The van der Waals surface area contributed by atoms with Crippen molar-refractivity contribution in [2.24, 2.45) is 5.73 Å². The van der Waals surface area contributed by atoms with Crippen LogP contribution in [0, 0.1) is 0 Å². The molecular formula is C15H34N2O2. The molecule has 0 aromatic carbocycles. The van der Waals surface area contributed by atoms with Gasteiger partial charge in [-0.15, -0.1) is 0 Å². The van der Waals surface area contributed by atoms with Crippen molar-refractivity contribution in [3.8, 4) is 0 Å². The number of rotatable bonds is 11. The molecule has 0 aliphatic carbocycles. The summed E-state index contributed by atoms with van der Waals surface area (Å²) in [6, 6.07) is 0. The molecule has 116 valence electrons. The van der Waals surface area contributed by atoms with Gasteiger partial charge in [0.1, 0.15) is 0 Å². The van der Waals surface area contributed by atoms with Gasteiger partial charge >= 0.3 is 5.97 Å². The lowest BCUT2D eigenvalue weighted by molar-refractivity contribution is -0.131. The fourth-order valence-electron chi connectivity index (χ4n) is 1.63. The summed E-state index contributed by atoms with van der Waals surface area (Å²) >= 11 is 0.